The molecule has 3 rings (SSSR count). The first-order valence-electron chi connectivity index (χ1n) is 11.1. The van der Waals surface area contributed by atoms with E-state index in [4.69, 9.17) is 0 Å². The Balaban J connectivity index is 2.02. The summed E-state index contributed by atoms with van der Waals surface area (Å²) in [6, 6.07) is 0. The lowest BCUT2D eigenvalue weighted by Crippen LogP contribution is -2.50. The lowest BCUT2D eigenvalue weighted by molar-refractivity contribution is -0.135. The Morgan fingerprint density at radius 1 is 1.24 bits per heavy atom. The minimum Gasteiger partial charge on any atom is -0.395 e. The molecule has 0 aromatic carbocycles. The van der Waals surface area contributed by atoms with Crippen LogP contribution < -0.4 is 0 Å². The van der Waals surface area contributed by atoms with Gasteiger partial charge >= 0.3 is 0 Å². The van der Waals surface area contributed by atoms with E-state index in [9.17, 15) is 24.9 Å². The molecule has 29 heavy (non-hydrogen) atoms. The Hall–Kier alpha value is -1.30. The van der Waals surface area contributed by atoms with Crippen LogP contribution in [0.1, 0.15) is 59.3 Å². The molecule has 3 aliphatic rings. The van der Waals surface area contributed by atoms with E-state index < -0.39 is 18.1 Å². The monoisotopic (exact) mass is 404 g/mol. The van der Waals surface area contributed by atoms with Gasteiger partial charge in [0.15, 0.2) is 11.6 Å². The lowest BCUT2D eigenvalue weighted by atomic mass is 9.51. The molecule has 3 aliphatic carbocycles. The Morgan fingerprint density at radius 2 is 1.93 bits per heavy atom. The summed E-state index contributed by atoms with van der Waals surface area (Å²) in [6.45, 7) is 5.61. The van der Waals surface area contributed by atoms with Gasteiger partial charge in [-0.1, -0.05) is 32.4 Å². The number of rotatable bonds is 4. The quantitative estimate of drug-likeness (QED) is 0.670. The summed E-state index contributed by atoms with van der Waals surface area (Å²) < 4.78 is 0. The molecule has 162 valence electrons. The van der Waals surface area contributed by atoms with Crippen molar-refractivity contribution in [3.8, 4) is 0 Å². The fourth-order valence-electron chi connectivity index (χ4n) is 6.41. The Bertz CT molecular complexity index is 710. The highest BCUT2D eigenvalue weighted by Gasteiger charge is 2.53. The van der Waals surface area contributed by atoms with Gasteiger partial charge in [-0.2, -0.15) is 0 Å². The highest BCUT2D eigenvalue weighted by atomic mass is 16.3. The zero-order valence-electron chi connectivity index (χ0n) is 17.9. The molecular formula is C24H36O5. The van der Waals surface area contributed by atoms with Crippen molar-refractivity contribution in [2.75, 3.05) is 13.2 Å². The molecule has 2 fully saturated rings. The van der Waals surface area contributed by atoms with E-state index in [2.05, 4.69) is 20.8 Å². The van der Waals surface area contributed by atoms with Gasteiger partial charge in [0.2, 0.25) is 0 Å². The van der Waals surface area contributed by atoms with Crippen LogP contribution in [0.15, 0.2) is 23.8 Å². The first kappa shape index (κ1) is 22.4. The molecule has 0 spiro atoms. The van der Waals surface area contributed by atoms with E-state index in [0.29, 0.717) is 25.2 Å². The summed E-state index contributed by atoms with van der Waals surface area (Å²) in [5.74, 6) is 0.512. The van der Waals surface area contributed by atoms with Crippen LogP contribution in [0.5, 0.6) is 0 Å². The molecule has 0 saturated heterocycles. The van der Waals surface area contributed by atoms with Crippen LogP contribution in [0.4, 0.5) is 0 Å². The molecule has 0 aliphatic heterocycles. The summed E-state index contributed by atoms with van der Waals surface area (Å²) in [7, 11) is 0. The van der Waals surface area contributed by atoms with Crippen molar-refractivity contribution in [1.82, 2.24) is 0 Å². The van der Waals surface area contributed by atoms with Crippen LogP contribution in [-0.2, 0) is 9.59 Å². The average molecular weight is 405 g/mol. The highest BCUT2D eigenvalue weighted by molar-refractivity contribution is 6.01. The molecule has 7 atom stereocenters. The first-order valence-corrected chi connectivity index (χ1v) is 11.1. The van der Waals surface area contributed by atoms with Crippen molar-refractivity contribution in [1.29, 1.82) is 0 Å². The van der Waals surface area contributed by atoms with E-state index in [-0.39, 0.29) is 41.3 Å². The summed E-state index contributed by atoms with van der Waals surface area (Å²) in [5.41, 5.74) is -0.211. The van der Waals surface area contributed by atoms with Crippen LogP contribution in [-0.4, -0.2) is 46.2 Å². The van der Waals surface area contributed by atoms with E-state index in [1.165, 1.54) is 0 Å². The molecule has 0 aromatic heterocycles. The second kappa shape index (κ2) is 8.44. The van der Waals surface area contributed by atoms with Crippen LogP contribution in [0.25, 0.3) is 0 Å². The van der Waals surface area contributed by atoms with Gasteiger partial charge in [0.1, 0.15) is 6.61 Å². The molecular weight excluding hydrogens is 368 g/mol. The number of carbonyl (C=O) groups is 2. The summed E-state index contributed by atoms with van der Waals surface area (Å²) in [6.07, 6.45) is 8.74. The van der Waals surface area contributed by atoms with E-state index >= 15 is 0 Å². The van der Waals surface area contributed by atoms with Gasteiger partial charge in [0, 0.05) is 11.3 Å². The maximum Gasteiger partial charge on any atom is 0.178 e. The van der Waals surface area contributed by atoms with E-state index in [0.717, 1.165) is 24.8 Å². The van der Waals surface area contributed by atoms with Crippen molar-refractivity contribution in [3.05, 3.63) is 23.8 Å². The number of ketones is 2. The highest BCUT2D eigenvalue weighted by Crippen LogP contribution is 2.58. The summed E-state index contributed by atoms with van der Waals surface area (Å²) in [4.78, 5) is 24.6. The molecule has 0 aromatic rings. The smallest absolute Gasteiger partial charge is 0.178 e. The molecule has 2 saturated carbocycles. The summed E-state index contributed by atoms with van der Waals surface area (Å²) in [5, 5.41) is 30.9. The van der Waals surface area contributed by atoms with Crippen molar-refractivity contribution in [2.24, 2.45) is 34.5 Å². The lowest BCUT2D eigenvalue weighted by Gasteiger charge is -2.54. The van der Waals surface area contributed by atoms with Crippen LogP contribution in [0.2, 0.25) is 0 Å². The molecule has 0 bridgehead atoms. The number of fused-ring (bicyclic) bond motifs is 3. The summed E-state index contributed by atoms with van der Waals surface area (Å²) >= 11 is 0. The zero-order valence-corrected chi connectivity index (χ0v) is 17.9. The maximum absolute atomic E-state index is 12.5. The number of carbonyl (C=O) groups excluding carboxylic acids is 2. The molecule has 7 unspecified atom stereocenters. The molecule has 0 heterocycles. The third-order valence-corrected chi connectivity index (χ3v) is 8.34. The maximum atomic E-state index is 12.5. The number of aliphatic hydroxyl groups excluding tert-OH is 3. The zero-order chi connectivity index (χ0) is 21.4. The minimum atomic E-state index is -0.973. The number of allylic oxidation sites excluding steroid dienone is 4. The van der Waals surface area contributed by atoms with Crippen molar-refractivity contribution < 1.29 is 24.9 Å². The standard InChI is InChI=1S/C24H36O5/c1-4-16-11-18-15(2)5-9-24(14-26,21(29)13-25)10-7-20(28)22(18)23(3)8-6-17(27)12-19(16)23/h6,8,12,15-16,18,20,22,25-26,28H,4-5,7,9-11,13-14H2,1-3H3. The van der Waals surface area contributed by atoms with E-state index in [1.54, 1.807) is 12.2 Å². The fourth-order valence-corrected chi connectivity index (χ4v) is 6.41. The van der Waals surface area contributed by atoms with Crippen molar-refractivity contribution in [3.63, 3.8) is 0 Å². The fraction of sp³-hybridized carbons (Fsp3) is 0.750. The van der Waals surface area contributed by atoms with Crippen LogP contribution in [0, 0.1) is 34.5 Å². The number of aliphatic hydroxyl groups is 3. The largest absolute Gasteiger partial charge is 0.395 e. The number of hydrogen-bond donors (Lipinski definition) is 3. The van der Waals surface area contributed by atoms with Crippen LogP contribution >= 0.6 is 0 Å². The second-order valence-electron chi connectivity index (χ2n) is 9.79. The van der Waals surface area contributed by atoms with Gasteiger partial charge in [0.25, 0.3) is 0 Å². The van der Waals surface area contributed by atoms with Gasteiger partial charge in [-0.05, 0) is 68.4 Å². The van der Waals surface area contributed by atoms with Crippen LogP contribution in [0.3, 0.4) is 0 Å². The molecule has 0 amide bonds. The molecule has 3 N–H and O–H groups in total. The Kier molecular flexibility index (Phi) is 6.52. The Morgan fingerprint density at radius 3 is 2.55 bits per heavy atom. The van der Waals surface area contributed by atoms with Gasteiger partial charge in [-0.25, -0.2) is 0 Å². The predicted molar refractivity (Wildman–Crippen MR) is 111 cm³/mol. The second-order valence-corrected chi connectivity index (χ2v) is 9.79. The number of hydrogen-bond acceptors (Lipinski definition) is 5. The third kappa shape index (κ3) is 3.77. The van der Waals surface area contributed by atoms with Gasteiger partial charge in [-0.3, -0.25) is 9.59 Å². The minimum absolute atomic E-state index is 0.0211. The van der Waals surface area contributed by atoms with Crippen molar-refractivity contribution in [2.45, 2.75) is 65.4 Å². The first-order chi connectivity index (χ1) is 13.7. The molecule has 5 nitrogen and oxygen atoms in total. The average Bonchev–Trinajstić information content (AvgIpc) is 2.77. The van der Waals surface area contributed by atoms with E-state index in [1.807, 2.05) is 6.08 Å². The molecule has 5 heteroatoms. The SMILES string of the molecule is CCC1CC2C(C)CCC(CO)(C(=O)CO)CCC(O)C2C2(C)C=CC(=O)C=C12. The van der Waals surface area contributed by atoms with Gasteiger partial charge < -0.3 is 15.3 Å². The third-order valence-electron chi connectivity index (χ3n) is 8.34. The predicted octanol–water partition coefficient (Wildman–Crippen LogP) is 2.83. The van der Waals surface area contributed by atoms with Crippen molar-refractivity contribution >= 4 is 11.6 Å². The van der Waals surface area contributed by atoms with Gasteiger partial charge in [-0.15, -0.1) is 0 Å². The Labute approximate surface area is 173 Å². The topological polar surface area (TPSA) is 94.8 Å². The van der Waals surface area contributed by atoms with Gasteiger partial charge in [0.05, 0.1) is 18.1 Å². The normalized spacial score (nSPS) is 42.8. The number of Topliss-reactive ketones (excluding diaryl/α,β-unsaturated/α-hetero) is 1. The molecule has 0 radical (unpaired) electrons.